The second-order valence-corrected chi connectivity index (χ2v) is 7.83. The van der Waals surface area contributed by atoms with Crippen LogP contribution in [0.15, 0.2) is 46.9 Å². The van der Waals surface area contributed by atoms with E-state index in [1.807, 2.05) is 0 Å². The molecule has 2 aromatic rings. The Morgan fingerprint density at radius 1 is 1.00 bits per heavy atom. The van der Waals surface area contributed by atoms with Gasteiger partial charge < -0.3 is 10.6 Å². The molecule has 0 atom stereocenters. The Bertz CT molecular complexity index is 865. The van der Waals surface area contributed by atoms with Gasteiger partial charge in [-0.1, -0.05) is 25.0 Å². The second kappa shape index (κ2) is 8.82. The van der Waals surface area contributed by atoms with Crippen LogP contribution in [0.2, 0.25) is 0 Å². The molecule has 0 unspecified atom stereocenters. The lowest BCUT2D eigenvalue weighted by atomic mass is 9.88. The molecule has 2 N–H and O–H groups in total. The van der Waals surface area contributed by atoms with E-state index >= 15 is 0 Å². The van der Waals surface area contributed by atoms with Crippen molar-refractivity contribution >= 4 is 27.7 Å². The van der Waals surface area contributed by atoms with Crippen LogP contribution < -0.4 is 10.6 Å². The number of amides is 2. The van der Waals surface area contributed by atoms with Crippen LogP contribution in [0.3, 0.4) is 0 Å². The molecule has 0 saturated heterocycles. The summed E-state index contributed by atoms with van der Waals surface area (Å²) in [6.45, 7) is 0.132. The van der Waals surface area contributed by atoms with Gasteiger partial charge in [0.2, 0.25) is 5.91 Å². The lowest BCUT2D eigenvalue weighted by molar-refractivity contribution is -0.123. The molecule has 1 saturated carbocycles. The summed E-state index contributed by atoms with van der Waals surface area (Å²) in [7, 11) is 0. The third-order valence-electron chi connectivity index (χ3n) is 5.04. The van der Waals surface area contributed by atoms with Crippen LogP contribution in [-0.4, -0.2) is 18.4 Å². The zero-order chi connectivity index (χ0) is 20.1. The van der Waals surface area contributed by atoms with E-state index in [0.29, 0.717) is 4.47 Å². The molecule has 0 bridgehead atoms. The van der Waals surface area contributed by atoms with Crippen molar-refractivity contribution in [1.82, 2.24) is 10.6 Å². The van der Waals surface area contributed by atoms with Gasteiger partial charge >= 0.3 is 0 Å². The van der Waals surface area contributed by atoms with Crippen molar-refractivity contribution in [3.63, 3.8) is 0 Å². The average Bonchev–Trinajstić information content (AvgIpc) is 3.13. The molecule has 2 aromatic carbocycles. The molecule has 148 valence electrons. The number of carbonyl (C=O) groups excluding carboxylic acids is 2. The Morgan fingerprint density at radius 3 is 2.32 bits per heavy atom. The highest BCUT2D eigenvalue weighted by atomic mass is 79.9. The van der Waals surface area contributed by atoms with Crippen LogP contribution in [0.1, 0.15) is 48.0 Å². The van der Waals surface area contributed by atoms with Gasteiger partial charge in [0.15, 0.2) is 0 Å². The number of halogens is 3. The van der Waals surface area contributed by atoms with E-state index in [9.17, 15) is 18.4 Å². The predicted octanol–water partition coefficient (Wildman–Crippen LogP) is 4.43. The largest absolute Gasteiger partial charge is 0.351 e. The van der Waals surface area contributed by atoms with E-state index in [-0.39, 0.29) is 30.3 Å². The fourth-order valence-corrected chi connectivity index (χ4v) is 4.05. The summed E-state index contributed by atoms with van der Waals surface area (Å²) in [5.41, 5.74) is 0.590. The highest BCUT2D eigenvalue weighted by Gasteiger charge is 2.36. The van der Waals surface area contributed by atoms with Crippen molar-refractivity contribution in [3.8, 4) is 0 Å². The molecule has 3 rings (SSSR count). The van der Waals surface area contributed by atoms with Crippen LogP contribution in [0, 0.1) is 11.6 Å². The maximum absolute atomic E-state index is 13.3. The van der Waals surface area contributed by atoms with Crippen molar-refractivity contribution in [1.29, 1.82) is 0 Å². The van der Waals surface area contributed by atoms with Crippen LogP contribution in [0.25, 0.3) is 0 Å². The standard InChI is InChI=1S/C21H21BrF2N2O2/c22-18-8-7-16(24)13-17(18)20(28)25-12-9-19(27)26-21(10-1-2-11-21)14-3-5-15(23)6-4-14/h3-8,13H,1-2,9-12H2,(H,25,28)(H,26,27). The van der Waals surface area contributed by atoms with Gasteiger partial charge in [-0.3, -0.25) is 9.59 Å². The lowest BCUT2D eigenvalue weighted by Crippen LogP contribution is -2.44. The van der Waals surface area contributed by atoms with Gasteiger partial charge in [0.1, 0.15) is 11.6 Å². The highest BCUT2D eigenvalue weighted by Crippen LogP contribution is 2.38. The molecule has 7 heteroatoms. The maximum atomic E-state index is 13.3. The average molecular weight is 451 g/mol. The molecule has 1 aliphatic rings. The molecule has 28 heavy (non-hydrogen) atoms. The minimum atomic E-state index is -0.506. The number of hydrogen-bond donors (Lipinski definition) is 2. The molecule has 0 heterocycles. The molecule has 0 radical (unpaired) electrons. The molecular weight excluding hydrogens is 430 g/mol. The number of carbonyl (C=O) groups is 2. The second-order valence-electron chi connectivity index (χ2n) is 6.97. The van der Waals surface area contributed by atoms with Crippen molar-refractivity contribution in [2.75, 3.05) is 6.54 Å². The number of benzene rings is 2. The summed E-state index contributed by atoms with van der Waals surface area (Å²) < 4.78 is 27.1. The first-order valence-corrected chi connectivity index (χ1v) is 9.99. The molecule has 2 amide bonds. The Hall–Kier alpha value is -2.28. The molecule has 1 fully saturated rings. The third kappa shape index (κ3) is 4.76. The number of rotatable bonds is 6. The number of nitrogens with one attached hydrogen (secondary N) is 2. The summed E-state index contributed by atoms with van der Waals surface area (Å²) in [5.74, 6) is -1.46. The van der Waals surface area contributed by atoms with Crippen LogP contribution in [0.5, 0.6) is 0 Å². The monoisotopic (exact) mass is 450 g/mol. The predicted molar refractivity (Wildman–Crippen MR) is 106 cm³/mol. The van der Waals surface area contributed by atoms with Gasteiger partial charge in [-0.05, 0) is 64.7 Å². The van der Waals surface area contributed by atoms with Crippen LogP contribution in [0.4, 0.5) is 8.78 Å². The van der Waals surface area contributed by atoms with E-state index in [2.05, 4.69) is 26.6 Å². The molecule has 0 aromatic heterocycles. The molecule has 0 spiro atoms. The quantitative estimate of drug-likeness (QED) is 0.683. The van der Waals surface area contributed by atoms with Gasteiger partial charge in [-0.2, -0.15) is 0 Å². The minimum Gasteiger partial charge on any atom is -0.351 e. The number of hydrogen-bond acceptors (Lipinski definition) is 2. The van der Waals surface area contributed by atoms with Gasteiger partial charge in [-0.25, -0.2) is 8.78 Å². The van der Waals surface area contributed by atoms with Crippen LogP contribution >= 0.6 is 15.9 Å². The highest BCUT2D eigenvalue weighted by molar-refractivity contribution is 9.10. The summed E-state index contributed by atoms with van der Waals surface area (Å²) >= 11 is 3.21. The van der Waals surface area contributed by atoms with E-state index in [1.165, 1.54) is 24.3 Å². The lowest BCUT2D eigenvalue weighted by Gasteiger charge is -2.31. The minimum absolute atomic E-state index is 0.0988. The van der Waals surface area contributed by atoms with E-state index in [0.717, 1.165) is 37.3 Å². The van der Waals surface area contributed by atoms with Gasteiger partial charge in [0.25, 0.3) is 5.91 Å². The molecular formula is C21H21BrF2N2O2. The van der Waals surface area contributed by atoms with Gasteiger partial charge in [-0.15, -0.1) is 0 Å². The summed E-state index contributed by atoms with van der Waals surface area (Å²) in [6.07, 6.45) is 3.67. The normalized spacial score (nSPS) is 15.2. The SMILES string of the molecule is O=C(CCNC(=O)c1cc(F)ccc1Br)NC1(c2ccc(F)cc2)CCCC1. The Kier molecular flexibility index (Phi) is 6.44. The van der Waals surface area contributed by atoms with Crippen molar-refractivity contribution < 1.29 is 18.4 Å². The van der Waals surface area contributed by atoms with Crippen LogP contribution in [-0.2, 0) is 10.3 Å². The smallest absolute Gasteiger partial charge is 0.252 e. The summed E-state index contributed by atoms with van der Waals surface area (Å²) in [5, 5.41) is 5.72. The first-order valence-electron chi connectivity index (χ1n) is 9.20. The van der Waals surface area contributed by atoms with Crippen molar-refractivity contribution in [2.45, 2.75) is 37.6 Å². The molecule has 4 nitrogen and oxygen atoms in total. The maximum Gasteiger partial charge on any atom is 0.252 e. The van der Waals surface area contributed by atoms with Crippen molar-refractivity contribution in [3.05, 3.63) is 69.7 Å². The third-order valence-corrected chi connectivity index (χ3v) is 5.73. The van der Waals surface area contributed by atoms with E-state index < -0.39 is 17.3 Å². The zero-order valence-corrected chi connectivity index (χ0v) is 16.8. The molecule has 0 aliphatic heterocycles. The first kappa shape index (κ1) is 20.5. The van der Waals surface area contributed by atoms with Gasteiger partial charge in [0, 0.05) is 17.4 Å². The molecule has 1 aliphatic carbocycles. The Labute approximate surface area is 170 Å². The summed E-state index contributed by atoms with van der Waals surface area (Å²) in [4.78, 5) is 24.7. The van der Waals surface area contributed by atoms with Gasteiger partial charge in [0.05, 0.1) is 11.1 Å². The Balaban J connectivity index is 1.57. The first-order chi connectivity index (χ1) is 13.4. The topological polar surface area (TPSA) is 58.2 Å². The van der Waals surface area contributed by atoms with E-state index in [4.69, 9.17) is 0 Å². The van der Waals surface area contributed by atoms with Crippen molar-refractivity contribution in [2.24, 2.45) is 0 Å². The Morgan fingerprint density at radius 2 is 1.64 bits per heavy atom. The van der Waals surface area contributed by atoms with E-state index in [1.54, 1.807) is 12.1 Å². The summed E-state index contributed by atoms with van der Waals surface area (Å²) in [6, 6.07) is 10.1. The fourth-order valence-electron chi connectivity index (χ4n) is 3.62. The zero-order valence-electron chi connectivity index (χ0n) is 15.2. The fraction of sp³-hybridized carbons (Fsp3) is 0.333.